The van der Waals surface area contributed by atoms with E-state index in [0.717, 1.165) is 37.2 Å². The number of hydrogen-bond donors (Lipinski definition) is 1. The Kier molecular flexibility index (Phi) is 5.02. The number of carbonyl (C=O) groups excluding carboxylic acids is 1. The minimum absolute atomic E-state index is 0.136. The second-order valence-corrected chi connectivity index (χ2v) is 7.68. The van der Waals surface area contributed by atoms with Crippen molar-refractivity contribution in [1.29, 1.82) is 0 Å². The number of carbonyl (C=O) groups is 1. The zero-order valence-corrected chi connectivity index (χ0v) is 16.1. The number of piperidine rings is 1. The highest BCUT2D eigenvalue weighted by atomic mass is 19.1. The highest BCUT2D eigenvalue weighted by Crippen LogP contribution is 2.44. The number of fused-ring (bicyclic) bond motifs is 2. The van der Waals surface area contributed by atoms with Crippen LogP contribution in [0.3, 0.4) is 0 Å². The minimum Gasteiger partial charge on any atom is -0.491 e. The number of nitrogens with two attached hydrogens (primary N) is 1. The van der Waals surface area contributed by atoms with E-state index in [0.29, 0.717) is 25.4 Å². The van der Waals surface area contributed by atoms with Crippen molar-refractivity contribution in [3.8, 4) is 5.75 Å². The lowest BCUT2D eigenvalue weighted by Gasteiger charge is -2.40. The molecule has 7 heteroatoms. The van der Waals surface area contributed by atoms with Gasteiger partial charge in [-0.1, -0.05) is 0 Å². The number of aryl methyl sites for hydroxylation is 2. The fourth-order valence-corrected chi connectivity index (χ4v) is 4.47. The van der Waals surface area contributed by atoms with Gasteiger partial charge in [-0.05, 0) is 56.4 Å². The summed E-state index contributed by atoms with van der Waals surface area (Å²) in [5.74, 6) is 0.474. The van der Waals surface area contributed by atoms with Gasteiger partial charge in [0.2, 0.25) is 0 Å². The quantitative estimate of drug-likeness (QED) is 0.875. The zero-order valence-electron chi connectivity index (χ0n) is 16.1. The van der Waals surface area contributed by atoms with Crippen LogP contribution in [0.5, 0.6) is 5.75 Å². The van der Waals surface area contributed by atoms with Crippen molar-refractivity contribution in [3.63, 3.8) is 0 Å². The SMILES string of the molecule is Cc1ncc2c(n1)C1(CCCN(C(=O)c3cc(F)ccc3OCCN)C1)CC2. The first-order chi connectivity index (χ1) is 13.5. The van der Waals surface area contributed by atoms with Crippen molar-refractivity contribution in [2.75, 3.05) is 26.2 Å². The maximum atomic E-state index is 13.9. The van der Waals surface area contributed by atoms with Gasteiger partial charge in [0.25, 0.3) is 5.91 Å². The maximum absolute atomic E-state index is 13.9. The van der Waals surface area contributed by atoms with Crippen LogP contribution in [0.4, 0.5) is 4.39 Å². The van der Waals surface area contributed by atoms with E-state index in [9.17, 15) is 9.18 Å². The highest BCUT2D eigenvalue weighted by Gasteiger charge is 2.45. The number of aromatic nitrogens is 2. The Morgan fingerprint density at radius 1 is 1.39 bits per heavy atom. The lowest BCUT2D eigenvalue weighted by molar-refractivity contribution is 0.0628. The average Bonchev–Trinajstić information content (AvgIpc) is 3.03. The number of hydrogen-bond acceptors (Lipinski definition) is 5. The summed E-state index contributed by atoms with van der Waals surface area (Å²) in [6.07, 6.45) is 5.70. The van der Waals surface area contributed by atoms with Crippen LogP contribution in [0.25, 0.3) is 0 Å². The molecule has 1 amide bonds. The molecular formula is C21H25FN4O2. The molecule has 1 spiro atoms. The van der Waals surface area contributed by atoms with Crippen LogP contribution in [0.1, 0.15) is 46.7 Å². The van der Waals surface area contributed by atoms with Gasteiger partial charge in [0.05, 0.1) is 11.3 Å². The predicted octanol–water partition coefficient (Wildman–Crippen LogP) is 2.38. The van der Waals surface area contributed by atoms with Crippen LogP contribution in [-0.4, -0.2) is 47.0 Å². The van der Waals surface area contributed by atoms with Crippen LogP contribution in [0.2, 0.25) is 0 Å². The van der Waals surface area contributed by atoms with Crippen molar-refractivity contribution in [1.82, 2.24) is 14.9 Å². The molecule has 2 aliphatic rings. The number of nitrogens with zero attached hydrogens (tertiary/aromatic N) is 3. The van der Waals surface area contributed by atoms with Crippen molar-refractivity contribution >= 4 is 5.91 Å². The number of ether oxygens (including phenoxy) is 1. The third-order valence-corrected chi connectivity index (χ3v) is 5.77. The third kappa shape index (κ3) is 3.35. The zero-order chi connectivity index (χ0) is 19.7. The molecule has 6 nitrogen and oxygen atoms in total. The fourth-order valence-electron chi connectivity index (χ4n) is 4.47. The van der Waals surface area contributed by atoms with E-state index >= 15 is 0 Å². The third-order valence-electron chi connectivity index (χ3n) is 5.77. The van der Waals surface area contributed by atoms with Gasteiger partial charge in [-0.15, -0.1) is 0 Å². The molecule has 1 fully saturated rings. The molecule has 1 unspecified atom stereocenters. The molecule has 4 rings (SSSR count). The summed E-state index contributed by atoms with van der Waals surface area (Å²) in [7, 11) is 0. The Hall–Kier alpha value is -2.54. The molecule has 2 aromatic rings. The van der Waals surface area contributed by atoms with Crippen LogP contribution in [-0.2, 0) is 11.8 Å². The summed E-state index contributed by atoms with van der Waals surface area (Å²) in [6.45, 7) is 3.73. The summed E-state index contributed by atoms with van der Waals surface area (Å²) < 4.78 is 19.4. The molecule has 0 radical (unpaired) electrons. The Labute approximate surface area is 163 Å². The van der Waals surface area contributed by atoms with Gasteiger partial charge in [0, 0.05) is 31.2 Å². The lowest BCUT2D eigenvalue weighted by atomic mass is 9.77. The molecule has 1 aromatic heterocycles. The molecule has 0 bridgehead atoms. The first-order valence-corrected chi connectivity index (χ1v) is 9.77. The number of amides is 1. The van der Waals surface area contributed by atoms with Crippen LogP contribution >= 0.6 is 0 Å². The second kappa shape index (κ2) is 7.47. The fraction of sp³-hybridized carbons (Fsp3) is 0.476. The maximum Gasteiger partial charge on any atom is 0.257 e. The summed E-state index contributed by atoms with van der Waals surface area (Å²) in [6, 6.07) is 4.05. The van der Waals surface area contributed by atoms with Gasteiger partial charge < -0.3 is 15.4 Å². The first kappa shape index (κ1) is 18.8. The summed E-state index contributed by atoms with van der Waals surface area (Å²) in [5.41, 5.74) is 7.88. The standard InChI is InChI=1S/C21H25FN4O2/c1-14-24-12-15-5-7-21(19(15)25-14)6-2-9-26(13-21)20(27)17-11-16(22)3-4-18(17)28-10-8-23/h3-4,11-12H,2,5-10,13,23H2,1H3. The molecule has 28 heavy (non-hydrogen) atoms. The van der Waals surface area contributed by atoms with Gasteiger partial charge in [-0.3, -0.25) is 4.79 Å². The molecule has 0 saturated carbocycles. The monoisotopic (exact) mass is 384 g/mol. The van der Waals surface area contributed by atoms with Gasteiger partial charge >= 0.3 is 0 Å². The smallest absolute Gasteiger partial charge is 0.257 e. The van der Waals surface area contributed by atoms with Crippen molar-refractivity contribution in [2.24, 2.45) is 5.73 Å². The topological polar surface area (TPSA) is 81.3 Å². The summed E-state index contributed by atoms with van der Waals surface area (Å²) >= 11 is 0. The Bertz CT molecular complexity index is 900. The van der Waals surface area contributed by atoms with Crippen LogP contribution < -0.4 is 10.5 Å². The normalized spacial score (nSPS) is 21.0. The molecule has 2 N–H and O–H groups in total. The second-order valence-electron chi connectivity index (χ2n) is 7.68. The molecule has 148 valence electrons. The molecule has 1 aliphatic carbocycles. The van der Waals surface area contributed by atoms with Crippen molar-refractivity contribution in [3.05, 3.63) is 52.9 Å². The van der Waals surface area contributed by atoms with Crippen LogP contribution in [0.15, 0.2) is 24.4 Å². The van der Waals surface area contributed by atoms with E-state index < -0.39 is 5.82 Å². The average molecular weight is 384 g/mol. The van der Waals surface area contributed by atoms with Gasteiger partial charge in [0.15, 0.2) is 0 Å². The van der Waals surface area contributed by atoms with E-state index in [1.54, 1.807) is 0 Å². The molecule has 2 heterocycles. The van der Waals surface area contributed by atoms with E-state index in [2.05, 4.69) is 4.98 Å². The number of benzene rings is 1. The van der Waals surface area contributed by atoms with E-state index in [4.69, 9.17) is 15.5 Å². The predicted molar refractivity (Wildman–Crippen MR) is 103 cm³/mol. The molecule has 1 atom stereocenters. The minimum atomic E-state index is -0.454. The van der Waals surface area contributed by atoms with Gasteiger partial charge in [-0.25, -0.2) is 14.4 Å². The molecule has 1 aromatic carbocycles. The summed E-state index contributed by atoms with van der Waals surface area (Å²) in [4.78, 5) is 24.1. The Morgan fingerprint density at radius 2 is 2.25 bits per heavy atom. The van der Waals surface area contributed by atoms with Crippen molar-refractivity contribution < 1.29 is 13.9 Å². The van der Waals surface area contributed by atoms with E-state index in [-0.39, 0.29) is 23.5 Å². The van der Waals surface area contributed by atoms with Gasteiger partial charge in [-0.2, -0.15) is 0 Å². The molecular weight excluding hydrogens is 359 g/mol. The Balaban J connectivity index is 1.62. The lowest BCUT2D eigenvalue weighted by Crippen LogP contribution is -2.48. The number of rotatable bonds is 4. The molecule has 1 saturated heterocycles. The van der Waals surface area contributed by atoms with E-state index in [1.165, 1.54) is 23.8 Å². The largest absolute Gasteiger partial charge is 0.491 e. The van der Waals surface area contributed by atoms with Crippen molar-refractivity contribution in [2.45, 2.75) is 38.0 Å². The van der Waals surface area contributed by atoms with Gasteiger partial charge in [0.1, 0.15) is 24.0 Å². The number of likely N-dealkylation sites (tertiary alicyclic amines) is 1. The number of halogens is 1. The van der Waals surface area contributed by atoms with E-state index in [1.807, 2.05) is 18.0 Å². The summed E-state index contributed by atoms with van der Waals surface area (Å²) in [5, 5.41) is 0. The molecule has 1 aliphatic heterocycles. The first-order valence-electron chi connectivity index (χ1n) is 9.77. The Morgan fingerprint density at radius 3 is 3.07 bits per heavy atom. The highest BCUT2D eigenvalue weighted by molar-refractivity contribution is 5.97. The van der Waals surface area contributed by atoms with Crippen LogP contribution in [0, 0.1) is 12.7 Å².